The van der Waals surface area contributed by atoms with Crippen molar-refractivity contribution in [3.63, 3.8) is 0 Å². The molecule has 3 fully saturated rings. The summed E-state index contributed by atoms with van der Waals surface area (Å²) in [5.74, 6) is 4.48. The van der Waals surface area contributed by atoms with Crippen LogP contribution in [0.25, 0.3) is 0 Å². The van der Waals surface area contributed by atoms with Gasteiger partial charge < -0.3 is 14.2 Å². The van der Waals surface area contributed by atoms with Crippen LogP contribution in [0.4, 0.5) is 0 Å². The maximum absolute atomic E-state index is 12.1. The molecule has 3 saturated carbocycles. The number of nitrogens with zero attached hydrogens (tertiary/aromatic N) is 1. The van der Waals surface area contributed by atoms with Crippen molar-refractivity contribution in [1.82, 2.24) is 4.90 Å². The van der Waals surface area contributed by atoms with Gasteiger partial charge in [-0.2, -0.15) is 0 Å². The summed E-state index contributed by atoms with van der Waals surface area (Å²) in [6, 6.07) is 0. The number of ether oxygens (including phenoxy) is 3. The number of fused-ring (bicyclic) bond motifs is 5. The number of rotatable bonds is 15. The van der Waals surface area contributed by atoms with Gasteiger partial charge in [0, 0.05) is 9.40 Å². The molecular formula is C37H67NO5. The molecule has 2 unspecified atom stereocenters. The van der Waals surface area contributed by atoms with Gasteiger partial charge in [-0.3, -0.25) is 14.5 Å². The molecule has 6 nitrogen and oxygen atoms in total. The van der Waals surface area contributed by atoms with Crippen LogP contribution in [0.2, 0.25) is 0 Å². The summed E-state index contributed by atoms with van der Waals surface area (Å²) < 4.78 is 16.6. The van der Waals surface area contributed by atoms with Crippen molar-refractivity contribution in [2.45, 2.75) is 125 Å². The van der Waals surface area contributed by atoms with E-state index < -0.39 is 0 Å². The number of carbonyl (C=O) groups excluding carboxylic acids is 2. The number of hydrogen-bond donors (Lipinski definition) is 0. The first-order valence-electron chi connectivity index (χ1n) is 17.9. The maximum atomic E-state index is 12.1. The summed E-state index contributed by atoms with van der Waals surface area (Å²) in [7, 11) is 0. The van der Waals surface area contributed by atoms with E-state index in [2.05, 4.69) is 40.7 Å². The predicted octanol–water partition coefficient (Wildman–Crippen LogP) is 8.33. The van der Waals surface area contributed by atoms with Crippen LogP contribution < -0.4 is 0 Å². The highest BCUT2D eigenvalue weighted by atomic mass is 16.5. The van der Waals surface area contributed by atoms with E-state index in [4.69, 9.17) is 14.2 Å². The molecule has 8 atom stereocenters. The Kier molecular flexibility index (Phi) is 12.2. The Bertz CT molecular complexity index is 954. The minimum Gasteiger partial charge on any atom is -0.465 e. The standard InChI is InChI=1S/C37H63NO5.2H2/c1-8-41-34(39)24-38(25-35(40)42-9-2)21-22-43-29-17-19-36(6)28(23-29)13-14-30-32-16-15-31(27(5)12-10-11-26(3)4)37(32,7)20-18-33(30)36;;/h13,26-27,29-33H,8-12,14-25H2,1-7H3;2*1H/t27-,29+,30+,31-,32?,33?,36+,37-;;/m1../s1. The molecule has 43 heavy (non-hydrogen) atoms. The zero-order chi connectivity index (χ0) is 31.2. The molecule has 0 bridgehead atoms. The largest absolute Gasteiger partial charge is 0.465 e. The van der Waals surface area contributed by atoms with E-state index >= 15 is 0 Å². The summed E-state index contributed by atoms with van der Waals surface area (Å²) in [4.78, 5) is 26.0. The van der Waals surface area contributed by atoms with Crippen molar-refractivity contribution in [2.24, 2.45) is 46.3 Å². The summed E-state index contributed by atoms with van der Waals surface area (Å²) >= 11 is 0. The van der Waals surface area contributed by atoms with E-state index in [0.717, 1.165) is 48.3 Å². The van der Waals surface area contributed by atoms with Gasteiger partial charge in [-0.15, -0.1) is 0 Å². The fourth-order valence-electron chi connectivity index (χ4n) is 10.1. The predicted molar refractivity (Wildman–Crippen MR) is 177 cm³/mol. The fourth-order valence-corrected chi connectivity index (χ4v) is 10.1. The first-order chi connectivity index (χ1) is 20.5. The van der Waals surface area contributed by atoms with Gasteiger partial charge in [-0.25, -0.2) is 0 Å². The van der Waals surface area contributed by atoms with Crippen molar-refractivity contribution in [3.05, 3.63) is 11.6 Å². The maximum Gasteiger partial charge on any atom is 0.320 e. The molecule has 4 aliphatic rings. The van der Waals surface area contributed by atoms with Crippen molar-refractivity contribution in [2.75, 3.05) is 39.5 Å². The zero-order valence-electron chi connectivity index (χ0n) is 28.6. The molecule has 0 aromatic heterocycles. The summed E-state index contributed by atoms with van der Waals surface area (Å²) in [6.45, 7) is 18.0. The molecule has 0 heterocycles. The van der Waals surface area contributed by atoms with Crippen LogP contribution in [-0.2, 0) is 23.8 Å². The van der Waals surface area contributed by atoms with E-state index in [0.29, 0.717) is 37.2 Å². The SMILES string of the molecule is CCOC(=O)CN(CCO[C@H]1CC[C@@]2(C)C(=CC[C@@H]3C2CC[C@@]2(C)C3CC[C@@H]2[C@H](C)CCCC(C)C)C1)CC(=O)OCC.[HH].[HH]. The van der Waals surface area contributed by atoms with Crippen LogP contribution in [0, 0.1) is 46.3 Å². The van der Waals surface area contributed by atoms with E-state index in [9.17, 15) is 9.59 Å². The van der Waals surface area contributed by atoms with E-state index in [1.165, 1.54) is 57.8 Å². The average molecular weight is 606 g/mol. The van der Waals surface area contributed by atoms with Gasteiger partial charge in [-0.05, 0) is 112 Å². The third-order valence-corrected chi connectivity index (χ3v) is 12.3. The van der Waals surface area contributed by atoms with Gasteiger partial charge in [0.2, 0.25) is 0 Å². The minimum absolute atomic E-state index is 0. The first-order valence-corrected chi connectivity index (χ1v) is 17.9. The van der Waals surface area contributed by atoms with E-state index in [1.54, 1.807) is 24.3 Å². The van der Waals surface area contributed by atoms with Gasteiger partial charge in [0.15, 0.2) is 0 Å². The van der Waals surface area contributed by atoms with Gasteiger partial charge in [0.25, 0.3) is 0 Å². The molecule has 250 valence electrons. The summed E-state index contributed by atoms with van der Waals surface area (Å²) in [5, 5.41) is 0. The third-order valence-electron chi connectivity index (χ3n) is 12.3. The van der Waals surface area contributed by atoms with Crippen molar-refractivity contribution in [3.8, 4) is 0 Å². The highest BCUT2D eigenvalue weighted by Gasteiger charge is 2.59. The quantitative estimate of drug-likeness (QED) is 0.138. The molecule has 6 heteroatoms. The Morgan fingerprint density at radius 3 is 2.30 bits per heavy atom. The lowest BCUT2D eigenvalue weighted by atomic mass is 9.47. The molecule has 0 radical (unpaired) electrons. The summed E-state index contributed by atoms with van der Waals surface area (Å²) in [6.07, 6.45) is 17.3. The molecular weight excluding hydrogens is 538 g/mol. The molecule has 0 N–H and O–H groups in total. The van der Waals surface area contributed by atoms with Gasteiger partial charge in [0.05, 0.1) is 39.0 Å². The van der Waals surface area contributed by atoms with E-state index in [-0.39, 0.29) is 34.0 Å². The van der Waals surface area contributed by atoms with Crippen LogP contribution in [0.15, 0.2) is 11.6 Å². The smallest absolute Gasteiger partial charge is 0.320 e. The Morgan fingerprint density at radius 1 is 0.953 bits per heavy atom. The lowest BCUT2D eigenvalue weighted by Gasteiger charge is -2.58. The molecule has 0 saturated heterocycles. The highest BCUT2D eigenvalue weighted by Crippen LogP contribution is 2.67. The van der Waals surface area contributed by atoms with Gasteiger partial charge >= 0.3 is 11.9 Å². The second-order valence-electron chi connectivity index (χ2n) is 15.3. The fraction of sp³-hybridized carbons (Fsp3) is 0.892. The number of allylic oxidation sites excluding steroid dienone is 1. The number of esters is 2. The number of carbonyl (C=O) groups is 2. The van der Waals surface area contributed by atoms with E-state index in [1.807, 2.05) is 0 Å². The molecule has 0 amide bonds. The average Bonchev–Trinajstić information content (AvgIpc) is 3.30. The second kappa shape index (κ2) is 15.3. The van der Waals surface area contributed by atoms with Gasteiger partial charge in [0.1, 0.15) is 0 Å². The molecule has 4 rings (SSSR count). The van der Waals surface area contributed by atoms with Gasteiger partial charge in [-0.1, -0.05) is 65.5 Å². The lowest BCUT2D eigenvalue weighted by molar-refractivity contribution is -0.148. The Morgan fingerprint density at radius 2 is 1.65 bits per heavy atom. The molecule has 0 aromatic rings. The Labute approximate surface area is 266 Å². The van der Waals surface area contributed by atoms with Crippen LogP contribution >= 0.6 is 0 Å². The number of hydrogen-bond acceptors (Lipinski definition) is 6. The van der Waals surface area contributed by atoms with Crippen LogP contribution in [-0.4, -0.2) is 62.4 Å². The molecule has 4 aliphatic carbocycles. The molecule has 0 spiro atoms. The second-order valence-corrected chi connectivity index (χ2v) is 15.3. The summed E-state index contributed by atoms with van der Waals surface area (Å²) in [5.41, 5.74) is 2.48. The minimum atomic E-state index is -0.320. The van der Waals surface area contributed by atoms with Crippen LogP contribution in [0.1, 0.15) is 122 Å². The first kappa shape index (κ1) is 34.5. The third kappa shape index (κ3) is 8.07. The van der Waals surface area contributed by atoms with Crippen LogP contribution in [0.3, 0.4) is 0 Å². The Hall–Kier alpha value is -1.40. The monoisotopic (exact) mass is 606 g/mol. The normalized spacial score (nSPS) is 34.3. The van der Waals surface area contributed by atoms with Crippen molar-refractivity contribution >= 4 is 11.9 Å². The van der Waals surface area contributed by atoms with Crippen LogP contribution in [0.5, 0.6) is 0 Å². The Balaban J connectivity index is 0.00000353. The molecule has 0 aliphatic heterocycles. The van der Waals surface area contributed by atoms with Crippen molar-refractivity contribution < 1.29 is 26.7 Å². The topological polar surface area (TPSA) is 65.1 Å². The highest BCUT2D eigenvalue weighted by molar-refractivity contribution is 5.75. The zero-order valence-corrected chi connectivity index (χ0v) is 28.6. The lowest BCUT2D eigenvalue weighted by Crippen LogP contribution is -2.51. The molecule has 0 aromatic carbocycles. The van der Waals surface area contributed by atoms with Crippen molar-refractivity contribution in [1.29, 1.82) is 0 Å².